The number of ether oxygens (including phenoxy) is 2. The zero-order valence-electron chi connectivity index (χ0n) is 13.8. The molecule has 12 nitrogen and oxygen atoms in total. The molecule has 0 bridgehead atoms. The smallest absolute Gasteiger partial charge is 0.351 e. The van der Waals surface area contributed by atoms with Crippen LogP contribution in [0.15, 0.2) is 22.2 Å². The Morgan fingerprint density at radius 3 is 2.88 bits per heavy atom. The molecule has 0 aliphatic carbocycles. The van der Waals surface area contributed by atoms with Crippen LogP contribution in [0, 0.1) is 0 Å². The minimum absolute atomic E-state index is 0. The van der Waals surface area contributed by atoms with Gasteiger partial charge in [0.2, 0.25) is 5.72 Å². The van der Waals surface area contributed by atoms with Gasteiger partial charge in [0, 0.05) is 17.5 Å². The first-order chi connectivity index (χ1) is 11.8. The van der Waals surface area contributed by atoms with Gasteiger partial charge in [-0.1, -0.05) is 12.0 Å². The van der Waals surface area contributed by atoms with Crippen molar-refractivity contribution < 1.29 is 24.5 Å². The minimum atomic E-state index is -2.08. The topological polar surface area (TPSA) is 186 Å². The second kappa shape index (κ2) is 8.83. The molecule has 0 amide bonds. The van der Waals surface area contributed by atoms with E-state index in [0.29, 0.717) is 6.42 Å². The highest BCUT2D eigenvalue weighted by Gasteiger charge is 2.56. The summed E-state index contributed by atoms with van der Waals surface area (Å²) in [7, 11) is 0. The second-order valence-electron chi connectivity index (χ2n) is 5.43. The Bertz CT molecular complexity index is 753. The van der Waals surface area contributed by atoms with E-state index in [4.69, 9.17) is 20.7 Å². The van der Waals surface area contributed by atoms with Gasteiger partial charge in [-0.15, -0.1) is 12.4 Å². The average Bonchev–Trinajstić information content (AvgIpc) is 2.79. The summed E-state index contributed by atoms with van der Waals surface area (Å²) < 4.78 is 11.3. The molecule has 0 unspecified atom stereocenters. The number of aromatic nitrogens is 2. The van der Waals surface area contributed by atoms with E-state index in [1.54, 1.807) is 6.92 Å². The summed E-state index contributed by atoms with van der Waals surface area (Å²) in [6, 6.07) is 1.29. The number of carbonyl (C=O) groups excluding carboxylic acids is 1. The van der Waals surface area contributed by atoms with Crippen LogP contribution in [0.2, 0.25) is 0 Å². The third-order valence-electron chi connectivity index (χ3n) is 3.64. The number of rotatable bonds is 6. The molecule has 1 aliphatic rings. The summed E-state index contributed by atoms with van der Waals surface area (Å²) in [4.78, 5) is 29.5. The Kier molecular flexibility index (Phi) is 7.36. The largest absolute Gasteiger partial charge is 0.462 e. The van der Waals surface area contributed by atoms with Crippen LogP contribution in [0.4, 0.5) is 5.82 Å². The van der Waals surface area contributed by atoms with Gasteiger partial charge >= 0.3 is 11.7 Å². The van der Waals surface area contributed by atoms with Crippen LogP contribution in [-0.2, 0) is 14.3 Å². The molecule has 0 saturated carbocycles. The van der Waals surface area contributed by atoms with Gasteiger partial charge in [0.05, 0.1) is 0 Å². The molecule has 0 spiro atoms. The fraction of sp³-hybridized carbons (Fsp3) is 0.615. The maximum absolute atomic E-state index is 11.9. The van der Waals surface area contributed by atoms with Gasteiger partial charge in [-0.05, 0) is 18.0 Å². The Morgan fingerprint density at radius 1 is 1.62 bits per heavy atom. The number of azide groups is 1. The van der Waals surface area contributed by atoms with Crippen molar-refractivity contribution in [3.05, 3.63) is 33.2 Å². The molecule has 13 heteroatoms. The number of aliphatic hydroxyl groups is 2. The summed E-state index contributed by atoms with van der Waals surface area (Å²) >= 11 is 0. The number of anilines is 1. The molecule has 1 aliphatic heterocycles. The Morgan fingerprint density at radius 2 is 2.31 bits per heavy atom. The standard InChI is InChI=1S/C13H18N6O6.ClH/c1-2-3-8(20)24-6-13(17-18-15)10(22)9(21)11(25-13)19-5-4-7(14)16-12(19)23;/h4-5,9-11,21-22H,2-3,6H2,1H3,(H2,14,16,23);1H/t9-,10+,11-,13-;/m1./s1. The van der Waals surface area contributed by atoms with E-state index in [1.165, 1.54) is 12.3 Å². The van der Waals surface area contributed by atoms with Crippen molar-refractivity contribution in [2.24, 2.45) is 5.11 Å². The van der Waals surface area contributed by atoms with Gasteiger partial charge in [-0.25, -0.2) is 4.79 Å². The van der Waals surface area contributed by atoms with Crippen LogP contribution in [0.3, 0.4) is 0 Å². The van der Waals surface area contributed by atoms with Crippen molar-refractivity contribution in [3.63, 3.8) is 0 Å². The highest BCUT2D eigenvalue weighted by molar-refractivity contribution is 5.85. The molecule has 1 aromatic rings. The number of nitrogens with two attached hydrogens (primary N) is 1. The van der Waals surface area contributed by atoms with Crippen molar-refractivity contribution >= 4 is 24.2 Å². The highest BCUT2D eigenvalue weighted by Crippen LogP contribution is 2.38. The number of nitrogens with zero attached hydrogens (tertiary/aromatic N) is 5. The van der Waals surface area contributed by atoms with E-state index in [9.17, 15) is 19.8 Å². The Hall–Kier alpha value is -2.37. The lowest BCUT2D eigenvalue weighted by molar-refractivity contribution is -0.165. The number of aliphatic hydroxyl groups excluding tert-OH is 2. The van der Waals surface area contributed by atoms with E-state index >= 15 is 0 Å². The summed E-state index contributed by atoms with van der Waals surface area (Å²) in [6.45, 7) is 1.15. The third kappa shape index (κ3) is 4.23. The van der Waals surface area contributed by atoms with E-state index in [1.807, 2.05) is 0 Å². The molecule has 26 heavy (non-hydrogen) atoms. The lowest BCUT2D eigenvalue weighted by Gasteiger charge is -2.26. The summed E-state index contributed by atoms with van der Waals surface area (Å²) in [5.41, 5.74) is 11.2. The Labute approximate surface area is 153 Å². The summed E-state index contributed by atoms with van der Waals surface area (Å²) in [6.07, 6.45) is -2.93. The van der Waals surface area contributed by atoms with Crippen molar-refractivity contribution in [1.82, 2.24) is 9.55 Å². The number of halogens is 1. The first-order valence-corrected chi connectivity index (χ1v) is 7.45. The van der Waals surface area contributed by atoms with E-state index in [-0.39, 0.29) is 24.6 Å². The van der Waals surface area contributed by atoms with Crippen LogP contribution >= 0.6 is 12.4 Å². The molecule has 2 rings (SSSR count). The maximum atomic E-state index is 11.9. The summed E-state index contributed by atoms with van der Waals surface area (Å²) in [5, 5.41) is 23.8. The predicted molar refractivity (Wildman–Crippen MR) is 90.0 cm³/mol. The van der Waals surface area contributed by atoms with Crippen molar-refractivity contribution in [1.29, 1.82) is 0 Å². The molecule has 1 saturated heterocycles. The average molecular weight is 391 g/mol. The fourth-order valence-corrected chi connectivity index (χ4v) is 2.38. The number of nitrogen functional groups attached to an aromatic ring is 1. The minimum Gasteiger partial charge on any atom is -0.462 e. The molecule has 0 radical (unpaired) electrons. The summed E-state index contributed by atoms with van der Waals surface area (Å²) in [5.74, 6) is -0.626. The van der Waals surface area contributed by atoms with E-state index < -0.39 is 42.4 Å². The highest BCUT2D eigenvalue weighted by atomic mass is 35.5. The zero-order chi connectivity index (χ0) is 18.6. The lowest BCUT2D eigenvalue weighted by Crippen LogP contribution is -2.45. The van der Waals surface area contributed by atoms with Gasteiger partial charge in [-0.3, -0.25) is 9.36 Å². The van der Waals surface area contributed by atoms with Crippen LogP contribution in [0.25, 0.3) is 10.4 Å². The van der Waals surface area contributed by atoms with Crippen LogP contribution < -0.4 is 11.4 Å². The molecule has 4 N–H and O–H groups in total. The molecule has 144 valence electrons. The Balaban J connectivity index is 0.00000338. The number of carbonyl (C=O) groups is 1. The third-order valence-corrected chi connectivity index (χ3v) is 3.64. The number of hydrogen-bond donors (Lipinski definition) is 3. The SMILES string of the molecule is CCCC(=O)OC[C@@]1(N=[N+]=[N-])O[C@@H](n2ccc(N)nc2=O)[C@H](O)[C@@H]1O.Cl. The monoisotopic (exact) mass is 390 g/mol. The van der Waals surface area contributed by atoms with Crippen molar-refractivity contribution in [3.8, 4) is 0 Å². The first-order valence-electron chi connectivity index (χ1n) is 7.45. The maximum Gasteiger partial charge on any atom is 0.351 e. The van der Waals surface area contributed by atoms with Gasteiger partial charge in [0.25, 0.3) is 0 Å². The van der Waals surface area contributed by atoms with Crippen molar-refractivity contribution in [2.45, 2.75) is 43.9 Å². The fourth-order valence-electron chi connectivity index (χ4n) is 2.38. The van der Waals surface area contributed by atoms with E-state index in [2.05, 4.69) is 15.0 Å². The van der Waals surface area contributed by atoms with E-state index in [0.717, 1.165) is 4.57 Å². The molecule has 0 aromatic carbocycles. The molecule has 1 aromatic heterocycles. The van der Waals surface area contributed by atoms with Gasteiger partial charge in [0.15, 0.2) is 6.23 Å². The van der Waals surface area contributed by atoms with Gasteiger partial charge in [0.1, 0.15) is 24.6 Å². The second-order valence-corrected chi connectivity index (χ2v) is 5.43. The molecule has 1 fully saturated rings. The van der Waals surface area contributed by atoms with Gasteiger partial charge < -0.3 is 25.4 Å². The first kappa shape index (κ1) is 21.7. The number of hydrogen-bond acceptors (Lipinski definition) is 9. The number of esters is 1. The van der Waals surface area contributed by atoms with Crippen molar-refractivity contribution in [2.75, 3.05) is 12.3 Å². The quantitative estimate of drug-likeness (QED) is 0.259. The van der Waals surface area contributed by atoms with Gasteiger partial charge in [-0.2, -0.15) is 4.98 Å². The molecular formula is C13H19ClN6O6. The normalized spacial score (nSPS) is 27.3. The van der Waals surface area contributed by atoms with Crippen LogP contribution in [-0.4, -0.2) is 50.3 Å². The predicted octanol–water partition coefficient (Wildman–Crippen LogP) is -0.152. The van der Waals surface area contributed by atoms with Crippen LogP contribution in [0.5, 0.6) is 0 Å². The zero-order valence-corrected chi connectivity index (χ0v) is 14.6. The van der Waals surface area contributed by atoms with Crippen LogP contribution in [0.1, 0.15) is 26.0 Å². The lowest BCUT2D eigenvalue weighted by atomic mass is 10.1. The molecular weight excluding hydrogens is 372 g/mol. The molecule has 4 atom stereocenters. The molecule has 2 heterocycles.